The van der Waals surface area contributed by atoms with E-state index in [1.807, 2.05) is 11.8 Å². The second-order valence-corrected chi connectivity index (χ2v) is 5.10. The first-order chi connectivity index (χ1) is 8.61. The van der Waals surface area contributed by atoms with Crippen molar-refractivity contribution in [3.63, 3.8) is 0 Å². The number of benzene rings is 1. The topological polar surface area (TPSA) is 20.3 Å². The van der Waals surface area contributed by atoms with Crippen LogP contribution in [-0.2, 0) is 0 Å². The predicted octanol–water partition coefficient (Wildman–Crippen LogP) is 3.40. The summed E-state index contributed by atoms with van der Waals surface area (Å²) in [5, 5.41) is 0. The third-order valence-electron chi connectivity index (χ3n) is 3.79. The Hall–Kier alpha value is -1.38. The second-order valence-electron chi connectivity index (χ2n) is 5.10. The van der Waals surface area contributed by atoms with Gasteiger partial charge in [0.1, 0.15) is 5.82 Å². The Kier molecular flexibility index (Phi) is 4.00. The Labute approximate surface area is 108 Å². The van der Waals surface area contributed by atoms with Crippen molar-refractivity contribution in [1.82, 2.24) is 4.90 Å². The molecular formula is C15H20FNO. The van der Waals surface area contributed by atoms with E-state index in [2.05, 4.69) is 0 Å². The summed E-state index contributed by atoms with van der Waals surface area (Å²) in [6, 6.07) is 4.37. The van der Waals surface area contributed by atoms with Gasteiger partial charge in [0.25, 0.3) is 5.91 Å². The van der Waals surface area contributed by atoms with Crippen LogP contribution in [-0.4, -0.2) is 23.9 Å². The third-order valence-corrected chi connectivity index (χ3v) is 3.79. The molecule has 3 heteroatoms. The van der Waals surface area contributed by atoms with Gasteiger partial charge in [-0.25, -0.2) is 4.39 Å². The van der Waals surface area contributed by atoms with E-state index in [1.165, 1.54) is 31.4 Å². The van der Waals surface area contributed by atoms with Crippen LogP contribution in [0.4, 0.5) is 4.39 Å². The molecule has 1 aromatic carbocycles. The summed E-state index contributed by atoms with van der Waals surface area (Å²) >= 11 is 0. The zero-order valence-electron chi connectivity index (χ0n) is 11.1. The van der Waals surface area contributed by atoms with Gasteiger partial charge in [0, 0.05) is 18.7 Å². The molecule has 0 aromatic heterocycles. The van der Waals surface area contributed by atoms with E-state index in [4.69, 9.17) is 0 Å². The second kappa shape index (κ2) is 5.51. The maximum atomic E-state index is 13.0. The molecule has 0 aliphatic heterocycles. The summed E-state index contributed by atoms with van der Waals surface area (Å²) in [5.41, 5.74) is 1.34. The molecule has 0 radical (unpaired) electrons. The fourth-order valence-corrected chi connectivity index (χ4v) is 2.38. The lowest BCUT2D eigenvalue weighted by molar-refractivity contribution is 0.0705. The number of rotatable bonds is 4. The monoisotopic (exact) mass is 249 g/mol. The molecule has 98 valence electrons. The van der Waals surface area contributed by atoms with Gasteiger partial charge in [-0.15, -0.1) is 0 Å². The molecule has 1 fully saturated rings. The molecule has 18 heavy (non-hydrogen) atoms. The van der Waals surface area contributed by atoms with Gasteiger partial charge in [-0.2, -0.15) is 0 Å². The molecule has 0 atom stereocenters. The number of amides is 1. The Morgan fingerprint density at radius 1 is 1.44 bits per heavy atom. The Morgan fingerprint density at radius 2 is 2.17 bits per heavy atom. The number of carbonyl (C=O) groups excluding carboxylic acids is 1. The van der Waals surface area contributed by atoms with E-state index in [1.54, 1.807) is 13.0 Å². The first-order valence-electron chi connectivity index (χ1n) is 6.67. The first kappa shape index (κ1) is 13.1. The maximum Gasteiger partial charge on any atom is 0.254 e. The Morgan fingerprint density at radius 3 is 2.67 bits per heavy atom. The molecule has 1 amide bonds. The summed E-state index contributed by atoms with van der Waals surface area (Å²) in [6.07, 6.45) is 3.74. The molecule has 0 spiro atoms. The minimum atomic E-state index is -0.286. The molecule has 0 saturated heterocycles. The van der Waals surface area contributed by atoms with Crippen LogP contribution in [0.15, 0.2) is 18.2 Å². The van der Waals surface area contributed by atoms with E-state index >= 15 is 0 Å². The van der Waals surface area contributed by atoms with Crippen molar-refractivity contribution in [2.45, 2.75) is 33.1 Å². The zero-order chi connectivity index (χ0) is 13.1. The summed E-state index contributed by atoms with van der Waals surface area (Å²) in [5.74, 6) is 0.405. The molecule has 1 saturated carbocycles. The molecule has 0 unspecified atom stereocenters. The van der Waals surface area contributed by atoms with Crippen LogP contribution in [0.25, 0.3) is 0 Å². The number of halogens is 1. The fourth-order valence-electron chi connectivity index (χ4n) is 2.38. The van der Waals surface area contributed by atoms with Crippen LogP contribution < -0.4 is 0 Å². The van der Waals surface area contributed by atoms with Crippen molar-refractivity contribution in [3.05, 3.63) is 35.1 Å². The van der Waals surface area contributed by atoms with Crippen LogP contribution in [0, 0.1) is 18.7 Å². The van der Waals surface area contributed by atoms with Crippen LogP contribution in [0.5, 0.6) is 0 Å². The van der Waals surface area contributed by atoms with Crippen LogP contribution in [0.1, 0.15) is 42.1 Å². The summed E-state index contributed by atoms with van der Waals surface area (Å²) in [7, 11) is 0. The fraction of sp³-hybridized carbons (Fsp3) is 0.533. The largest absolute Gasteiger partial charge is 0.339 e. The summed E-state index contributed by atoms with van der Waals surface area (Å²) < 4.78 is 13.0. The van der Waals surface area contributed by atoms with Gasteiger partial charge < -0.3 is 4.90 Å². The molecule has 0 bridgehead atoms. The lowest BCUT2D eigenvalue weighted by Crippen LogP contribution is -2.37. The van der Waals surface area contributed by atoms with Crippen molar-refractivity contribution in [2.24, 2.45) is 5.92 Å². The zero-order valence-corrected chi connectivity index (χ0v) is 11.1. The van der Waals surface area contributed by atoms with E-state index in [0.717, 1.165) is 6.54 Å². The standard InChI is InChI=1S/C15H20FNO/c1-3-17(10-12-5-4-6-12)15(18)14-8-7-13(16)9-11(14)2/h7-9,12H,3-6,10H2,1-2H3. The molecule has 0 heterocycles. The first-order valence-corrected chi connectivity index (χ1v) is 6.67. The number of aryl methyl sites for hydroxylation is 1. The third kappa shape index (κ3) is 2.71. The van der Waals surface area contributed by atoms with Gasteiger partial charge in [-0.1, -0.05) is 6.42 Å². The number of hydrogen-bond donors (Lipinski definition) is 0. The maximum absolute atomic E-state index is 13.0. The molecule has 2 nitrogen and oxygen atoms in total. The van der Waals surface area contributed by atoms with Crippen LogP contribution in [0.2, 0.25) is 0 Å². The van der Waals surface area contributed by atoms with Crippen molar-refractivity contribution in [3.8, 4) is 0 Å². The van der Waals surface area contributed by atoms with Crippen LogP contribution >= 0.6 is 0 Å². The van der Waals surface area contributed by atoms with Crippen molar-refractivity contribution in [1.29, 1.82) is 0 Å². The molecule has 1 aliphatic carbocycles. The highest BCUT2D eigenvalue weighted by Crippen LogP contribution is 2.27. The average Bonchev–Trinajstić information content (AvgIpc) is 2.27. The Bertz CT molecular complexity index is 440. The quantitative estimate of drug-likeness (QED) is 0.801. The molecular weight excluding hydrogens is 229 g/mol. The predicted molar refractivity (Wildman–Crippen MR) is 70.1 cm³/mol. The summed E-state index contributed by atoms with van der Waals surface area (Å²) in [4.78, 5) is 14.3. The minimum absolute atomic E-state index is 0.0295. The molecule has 2 rings (SSSR count). The summed E-state index contributed by atoms with van der Waals surface area (Å²) in [6.45, 7) is 5.33. The van der Waals surface area contributed by atoms with E-state index in [0.29, 0.717) is 23.6 Å². The smallest absolute Gasteiger partial charge is 0.254 e. The van der Waals surface area contributed by atoms with Gasteiger partial charge >= 0.3 is 0 Å². The van der Waals surface area contributed by atoms with Crippen molar-refractivity contribution in [2.75, 3.05) is 13.1 Å². The number of nitrogens with zero attached hydrogens (tertiary/aromatic N) is 1. The van der Waals surface area contributed by atoms with Crippen molar-refractivity contribution < 1.29 is 9.18 Å². The molecule has 1 aliphatic rings. The van der Waals surface area contributed by atoms with Gasteiger partial charge in [0.2, 0.25) is 0 Å². The highest BCUT2D eigenvalue weighted by Gasteiger charge is 2.24. The number of carbonyl (C=O) groups is 1. The van der Waals surface area contributed by atoms with E-state index in [-0.39, 0.29) is 11.7 Å². The van der Waals surface area contributed by atoms with Gasteiger partial charge in [-0.3, -0.25) is 4.79 Å². The van der Waals surface area contributed by atoms with Crippen LogP contribution in [0.3, 0.4) is 0 Å². The highest BCUT2D eigenvalue weighted by molar-refractivity contribution is 5.95. The van der Waals surface area contributed by atoms with E-state index < -0.39 is 0 Å². The number of hydrogen-bond acceptors (Lipinski definition) is 1. The van der Waals surface area contributed by atoms with Gasteiger partial charge in [0.15, 0.2) is 0 Å². The Balaban J connectivity index is 2.11. The van der Waals surface area contributed by atoms with Crippen molar-refractivity contribution >= 4 is 5.91 Å². The normalized spacial score (nSPS) is 15.3. The van der Waals surface area contributed by atoms with Gasteiger partial charge in [0.05, 0.1) is 0 Å². The lowest BCUT2D eigenvalue weighted by atomic mass is 9.85. The SMILES string of the molecule is CCN(CC1CCC1)C(=O)c1ccc(F)cc1C. The lowest BCUT2D eigenvalue weighted by Gasteiger charge is -2.32. The highest BCUT2D eigenvalue weighted by atomic mass is 19.1. The molecule has 1 aromatic rings. The van der Waals surface area contributed by atoms with E-state index in [9.17, 15) is 9.18 Å². The van der Waals surface area contributed by atoms with Gasteiger partial charge in [-0.05, 0) is 56.4 Å². The average molecular weight is 249 g/mol. The molecule has 0 N–H and O–H groups in total. The minimum Gasteiger partial charge on any atom is -0.339 e.